The molecule has 0 aromatic carbocycles. The summed E-state index contributed by atoms with van der Waals surface area (Å²) in [6.07, 6.45) is 1.95. The molecular formula is C9H15ClO3. The first kappa shape index (κ1) is 11.0. The van der Waals surface area contributed by atoms with E-state index in [2.05, 4.69) is 6.58 Å². The molecule has 0 bridgehead atoms. The van der Waals surface area contributed by atoms with Crippen molar-refractivity contribution in [3.05, 3.63) is 12.7 Å². The van der Waals surface area contributed by atoms with E-state index in [1.54, 1.807) is 6.08 Å². The molecule has 0 N–H and O–H groups in total. The molecule has 0 amide bonds. The third-order valence-corrected chi connectivity index (χ3v) is 1.98. The van der Waals surface area contributed by atoms with Gasteiger partial charge in [-0.05, 0) is 0 Å². The highest BCUT2D eigenvalue weighted by atomic mass is 35.5. The molecule has 13 heavy (non-hydrogen) atoms. The minimum absolute atomic E-state index is 0.0363. The quantitative estimate of drug-likeness (QED) is 0.259. The van der Waals surface area contributed by atoms with E-state index in [1.807, 2.05) is 0 Å². The summed E-state index contributed by atoms with van der Waals surface area (Å²) >= 11 is 5.68. The van der Waals surface area contributed by atoms with E-state index in [4.69, 9.17) is 25.8 Å². The van der Waals surface area contributed by atoms with Crippen LogP contribution in [0.2, 0.25) is 0 Å². The summed E-state index contributed by atoms with van der Waals surface area (Å²) in [6, 6.07) is 0. The van der Waals surface area contributed by atoms with Gasteiger partial charge in [0.05, 0.1) is 38.4 Å². The molecule has 0 aromatic rings. The summed E-state index contributed by atoms with van der Waals surface area (Å²) in [4.78, 5) is 0. The summed E-state index contributed by atoms with van der Waals surface area (Å²) in [5.41, 5.74) is 0. The summed E-state index contributed by atoms with van der Waals surface area (Å²) in [7, 11) is 0. The molecule has 0 unspecified atom stereocenters. The Morgan fingerprint density at radius 2 is 2.46 bits per heavy atom. The van der Waals surface area contributed by atoms with Crippen molar-refractivity contribution in [2.45, 2.75) is 12.2 Å². The molecule has 1 fully saturated rings. The van der Waals surface area contributed by atoms with Crippen LogP contribution in [0.25, 0.3) is 0 Å². The average molecular weight is 207 g/mol. The van der Waals surface area contributed by atoms with E-state index in [1.165, 1.54) is 0 Å². The SMILES string of the molecule is C=CCOC[C@@H](CCl)OC[C@@H]1CO1. The van der Waals surface area contributed by atoms with Gasteiger partial charge in [0.25, 0.3) is 0 Å². The van der Waals surface area contributed by atoms with E-state index in [9.17, 15) is 0 Å². The highest BCUT2D eigenvalue weighted by Crippen LogP contribution is 2.10. The molecule has 1 heterocycles. The normalized spacial score (nSPS) is 22.7. The van der Waals surface area contributed by atoms with Gasteiger partial charge in [-0.15, -0.1) is 18.2 Å². The van der Waals surface area contributed by atoms with Gasteiger partial charge < -0.3 is 14.2 Å². The van der Waals surface area contributed by atoms with Crippen LogP contribution in [-0.4, -0.2) is 44.5 Å². The smallest absolute Gasteiger partial charge is 0.104 e. The number of alkyl halides is 1. The predicted octanol–water partition coefficient (Wildman–Crippen LogP) is 1.21. The van der Waals surface area contributed by atoms with E-state index in [0.29, 0.717) is 25.7 Å². The molecule has 1 rings (SSSR count). The minimum Gasteiger partial charge on any atom is -0.375 e. The molecule has 3 nitrogen and oxygen atoms in total. The fourth-order valence-corrected chi connectivity index (χ4v) is 1.01. The molecule has 2 atom stereocenters. The zero-order chi connectivity index (χ0) is 9.52. The van der Waals surface area contributed by atoms with E-state index in [0.717, 1.165) is 6.61 Å². The Balaban J connectivity index is 1.98. The fourth-order valence-electron chi connectivity index (χ4n) is 0.828. The number of hydrogen-bond acceptors (Lipinski definition) is 3. The van der Waals surface area contributed by atoms with Gasteiger partial charge in [-0.2, -0.15) is 0 Å². The monoisotopic (exact) mass is 206 g/mol. The Morgan fingerprint density at radius 1 is 1.69 bits per heavy atom. The molecule has 0 saturated carbocycles. The van der Waals surface area contributed by atoms with Crippen molar-refractivity contribution in [2.24, 2.45) is 0 Å². The molecule has 4 heteroatoms. The Kier molecular flexibility index (Phi) is 5.39. The van der Waals surface area contributed by atoms with Crippen molar-refractivity contribution in [3.8, 4) is 0 Å². The van der Waals surface area contributed by atoms with Crippen molar-refractivity contribution < 1.29 is 14.2 Å². The first-order chi connectivity index (χ1) is 6.36. The van der Waals surface area contributed by atoms with E-state index >= 15 is 0 Å². The molecule has 1 aliphatic heterocycles. The van der Waals surface area contributed by atoms with Crippen LogP contribution in [0.3, 0.4) is 0 Å². The highest BCUT2D eigenvalue weighted by molar-refractivity contribution is 6.18. The third kappa shape index (κ3) is 5.26. The average Bonchev–Trinajstić information content (AvgIpc) is 2.94. The van der Waals surface area contributed by atoms with Crippen LogP contribution in [0.4, 0.5) is 0 Å². The number of rotatable bonds is 8. The Bertz CT molecular complexity index is 148. The maximum Gasteiger partial charge on any atom is 0.104 e. The first-order valence-corrected chi connectivity index (χ1v) is 4.88. The summed E-state index contributed by atoms with van der Waals surface area (Å²) in [5.74, 6) is 0.448. The Labute approximate surface area is 83.6 Å². The number of ether oxygens (including phenoxy) is 3. The standard InChI is InChI=1S/C9H15ClO3/c1-2-3-11-5-8(4-10)12-6-9-7-13-9/h2,8-9H,1,3-7H2/t8-,9-/m1/s1. The fraction of sp³-hybridized carbons (Fsp3) is 0.778. The van der Waals surface area contributed by atoms with Crippen molar-refractivity contribution in [1.82, 2.24) is 0 Å². The van der Waals surface area contributed by atoms with Crippen LogP contribution >= 0.6 is 11.6 Å². The van der Waals surface area contributed by atoms with Gasteiger partial charge in [0.1, 0.15) is 6.10 Å². The Morgan fingerprint density at radius 3 is 3.00 bits per heavy atom. The minimum atomic E-state index is -0.0363. The lowest BCUT2D eigenvalue weighted by Gasteiger charge is -2.13. The van der Waals surface area contributed by atoms with Crippen LogP contribution in [0.1, 0.15) is 0 Å². The topological polar surface area (TPSA) is 31.0 Å². The molecule has 1 saturated heterocycles. The molecule has 1 aliphatic rings. The summed E-state index contributed by atoms with van der Waals surface area (Å²) in [5, 5.41) is 0. The molecule has 76 valence electrons. The van der Waals surface area contributed by atoms with Crippen molar-refractivity contribution in [2.75, 3.05) is 32.3 Å². The molecule has 0 aliphatic carbocycles. The van der Waals surface area contributed by atoms with Crippen LogP contribution in [0, 0.1) is 0 Å². The van der Waals surface area contributed by atoms with Gasteiger partial charge in [-0.25, -0.2) is 0 Å². The number of epoxide rings is 1. The van der Waals surface area contributed by atoms with Crippen LogP contribution in [-0.2, 0) is 14.2 Å². The van der Waals surface area contributed by atoms with E-state index in [-0.39, 0.29) is 12.2 Å². The zero-order valence-corrected chi connectivity index (χ0v) is 8.33. The van der Waals surface area contributed by atoms with Gasteiger partial charge in [-0.1, -0.05) is 6.08 Å². The zero-order valence-electron chi connectivity index (χ0n) is 7.58. The van der Waals surface area contributed by atoms with Crippen LogP contribution in [0.15, 0.2) is 12.7 Å². The van der Waals surface area contributed by atoms with Crippen LogP contribution < -0.4 is 0 Å². The van der Waals surface area contributed by atoms with Gasteiger partial charge in [-0.3, -0.25) is 0 Å². The molecule has 0 aromatic heterocycles. The van der Waals surface area contributed by atoms with Gasteiger partial charge in [0.15, 0.2) is 0 Å². The second-order valence-corrected chi connectivity index (χ2v) is 3.20. The van der Waals surface area contributed by atoms with Gasteiger partial charge >= 0.3 is 0 Å². The van der Waals surface area contributed by atoms with Gasteiger partial charge in [0.2, 0.25) is 0 Å². The second-order valence-electron chi connectivity index (χ2n) is 2.89. The number of hydrogen-bond donors (Lipinski definition) is 0. The summed E-state index contributed by atoms with van der Waals surface area (Å²) in [6.45, 7) is 6.03. The maximum absolute atomic E-state index is 5.68. The lowest BCUT2D eigenvalue weighted by molar-refractivity contribution is -0.00307. The second kappa shape index (κ2) is 6.38. The predicted molar refractivity (Wildman–Crippen MR) is 51.2 cm³/mol. The molecule has 0 radical (unpaired) electrons. The van der Waals surface area contributed by atoms with Crippen molar-refractivity contribution >= 4 is 11.6 Å². The van der Waals surface area contributed by atoms with E-state index < -0.39 is 0 Å². The highest BCUT2D eigenvalue weighted by Gasteiger charge is 2.24. The first-order valence-electron chi connectivity index (χ1n) is 4.34. The van der Waals surface area contributed by atoms with Crippen molar-refractivity contribution in [1.29, 1.82) is 0 Å². The van der Waals surface area contributed by atoms with Crippen LogP contribution in [0.5, 0.6) is 0 Å². The lowest BCUT2D eigenvalue weighted by Crippen LogP contribution is -2.23. The maximum atomic E-state index is 5.68. The molecular weight excluding hydrogens is 192 g/mol. The van der Waals surface area contributed by atoms with Gasteiger partial charge in [0, 0.05) is 0 Å². The lowest BCUT2D eigenvalue weighted by atomic mass is 10.4. The largest absolute Gasteiger partial charge is 0.375 e. The third-order valence-electron chi connectivity index (χ3n) is 1.63. The summed E-state index contributed by atoms with van der Waals surface area (Å²) < 4.78 is 15.7. The Hall–Kier alpha value is -0.0900. The number of halogens is 1. The molecule has 0 spiro atoms. The van der Waals surface area contributed by atoms with Crippen molar-refractivity contribution in [3.63, 3.8) is 0 Å².